The molecule has 0 spiro atoms. The van der Waals surface area contributed by atoms with Crippen LogP contribution >= 0.6 is 11.3 Å². The zero-order chi connectivity index (χ0) is 10.6. The monoisotopic (exact) mass is 214 g/mol. The van der Waals surface area contributed by atoms with E-state index in [1.54, 1.807) is 18.3 Å². The molecule has 14 heavy (non-hydrogen) atoms. The first-order valence-electron chi connectivity index (χ1n) is 4.93. The summed E-state index contributed by atoms with van der Waals surface area (Å²) in [5.41, 5.74) is 0. The van der Waals surface area contributed by atoms with E-state index in [0.29, 0.717) is 0 Å². The van der Waals surface area contributed by atoms with Gasteiger partial charge in [0.1, 0.15) is 5.01 Å². The number of aliphatic hydroxyl groups is 1. The first-order chi connectivity index (χ1) is 6.59. The van der Waals surface area contributed by atoms with Crippen molar-refractivity contribution in [1.82, 2.24) is 10.3 Å². The maximum atomic E-state index is 9.09. The molecule has 0 saturated heterocycles. The highest BCUT2D eigenvalue weighted by Gasteiger charge is 2.08. The summed E-state index contributed by atoms with van der Waals surface area (Å²) >= 11 is 1.72. The lowest BCUT2D eigenvalue weighted by Gasteiger charge is -2.11. The van der Waals surface area contributed by atoms with Gasteiger partial charge in [-0.25, -0.2) is 4.98 Å². The van der Waals surface area contributed by atoms with Crippen molar-refractivity contribution in [2.45, 2.75) is 39.3 Å². The van der Waals surface area contributed by atoms with E-state index in [1.165, 1.54) is 4.88 Å². The van der Waals surface area contributed by atoms with Crippen LogP contribution < -0.4 is 5.32 Å². The Balaban J connectivity index is 2.32. The molecule has 0 saturated carbocycles. The molecular formula is C10H18N2OS. The van der Waals surface area contributed by atoms with Crippen LogP contribution in [0.4, 0.5) is 0 Å². The predicted octanol–water partition coefficient (Wildman–Crippen LogP) is 1.87. The average molecular weight is 214 g/mol. The highest BCUT2D eigenvalue weighted by molar-refractivity contribution is 7.11. The molecule has 0 aromatic carbocycles. The van der Waals surface area contributed by atoms with Crippen LogP contribution in [0, 0.1) is 6.92 Å². The Hall–Kier alpha value is -0.450. The quantitative estimate of drug-likeness (QED) is 0.786. The number of rotatable bonds is 5. The second-order valence-electron chi connectivity index (χ2n) is 3.62. The van der Waals surface area contributed by atoms with Crippen molar-refractivity contribution in [2.75, 3.05) is 6.54 Å². The molecule has 0 bridgehead atoms. The average Bonchev–Trinajstić information content (AvgIpc) is 2.51. The highest BCUT2D eigenvalue weighted by atomic mass is 32.1. The molecule has 2 unspecified atom stereocenters. The standard InChI is InChI=1S/C10H18N2OS/c1-7(13)4-5-11-9(3)10-12-6-8(2)14-10/h6-7,9,11,13H,4-5H2,1-3H3. The van der Waals surface area contributed by atoms with E-state index in [9.17, 15) is 0 Å². The summed E-state index contributed by atoms with van der Waals surface area (Å²) in [6.45, 7) is 6.79. The van der Waals surface area contributed by atoms with Gasteiger partial charge in [0.05, 0.1) is 12.1 Å². The van der Waals surface area contributed by atoms with Crippen LogP contribution in [0.3, 0.4) is 0 Å². The van der Waals surface area contributed by atoms with Crippen LogP contribution in [0.2, 0.25) is 0 Å². The summed E-state index contributed by atoms with van der Waals surface area (Å²) in [6, 6.07) is 0.285. The highest BCUT2D eigenvalue weighted by Crippen LogP contribution is 2.18. The van der Waals surface area contributed by atoms with Gasteiger partial charge < -0.3 is 10.4 Å². The molecule has 1 aromatic rings. The molecule has 0 fully saturated rings. The molecular weight excluding hydrogens is 196 g/mol. The molecule has 0 radical (unpaired) electrons. The van der Waals surface area contributed by atoms with Gasteiger partial charge in [0, 0.05) is 11.1 Å². The van der Waals surface area contributed by atoms with Crippen molar-refractivity contribution in [1.29, 1.82) is 0 Å². The van der Waals surface area contributed by atoms with Gasteiger partial charge in [0.25, 0.3) is 0 Å². The van der Waals surface area contributed by atoms with E-state index in [4.69, 9.17) is 5.11 Å². The van der Waals surface area contributed by atoms with Crippen LogP contribution in [0.25, 0.3) is 0 Å². The summed E-state index contributed by atoms with van der Waals surface area (Å²) in [5, 5.41) is 13.5. The van der Waals surface area contributed by atoms with Crippen molar-refractivity contribution in [3.63, 3.8) is 0 Å². The fourth-order valence-corrected chi connectivity index (χ4v) is 1.97. The SMILES string of the molecule is Cc1cnc(C(C)NCCC(C)O)s1. The molecule has 0 amide bonds. The van der Waals surface area contributed by atoms with Crippen LogP contribution in [-0.4, -0.2) is 22.7 Å². The number of aliphatic hydroxyl groups excluding tert-OH is 1. The summed E-state index contributed by atoms with van der Waals surface area (Å²) < 4.78 is 0. The molecule has 1 rings (SSSR count). The molecule has 4 heteroatoms. The Morgan fingerprint density at radius 3 is 2.79 bits per heavy atom. The predicted molar refractivity (Wildman–Crippen MR) is 59.6 cm³/mol. The molecule has 2 N–H and O–H groups in total. The van der Waals surface area contributed by atoms with Crippen LogP contribution in [0.15, 0.2) is 6.20 Å². The van der Waals surface area contributed by atoms with Crippen LogP contribution in [0.5, 0.6) is 0 Å². The van der Waals surface area contributed by atoms with Crippen molar-refractivity contribution in [3.8, 4) is 0 Å². The summed E-state index contributed by atoms with van der Waals surface area (Å²) in [4.78, 5) is 5.55. The lowest BCUT2D eigenvalue weighted by Crippen LogP contribution is -2.22. The molecule has 3 nitrogen and oxygen atoms in total. The number of thiazole rings is 1. The molecule has 1 aromatic heterocycles. The Morgan fingerprint density at radius 2 is 2.29 bits per heavy atom. The van der Waals surface area contributed by atoms with Crippen molar-refractivity contribution in [3.05, 3.63) is 16.1 Å². The van der Waals surface area contributed by atoms with Crippen LogP contribution in [0.1, 0.15) is 36.2 Å². The molecule has 0 aliphatic rings. The Bertz CT molecular complexity index is 273. The minimum Gasteiger partial charge on any atom is -0.393 e. The second kappa shape index (κ2) is 5.44. The van der Waals surface area contributed by atoms with Crippen molar-refractivity contribution in [2.24, 2.45) is 0 Å². The largest absolute Gasteiger partial charge is 0.393 e. The smallest absolute Gasteiger partial charge is 0.109 e. The Kier molecular flexibility index (Phi) is 4.51. The Labute approximate surface area is 89.2 Å². The molecule has 0 aliphatic carbocycles. The second-order valence-corrected chi connectivity index (χ2v) is 4.89. The fraction of sp³-hybridized carbons (Fsp3) is 0.700. The third kappa shape index (κ3) is 3.74. The van der Waals surface area contributed by atoms with Crippen molar-refractivity contribution >= 4 is 11.3 Å². The molecule has 0 aliphatic heterocycles. The van der Waals surface area contributed by atoms with Gasteiger partial charge >= 0.3 is 0 Å². The maximum Gasteiger partial charge on any atom is 0.109 e. The lowest BCUT2D eigenvalue weighted by molar-refractivity contribution is 0.182. The minimum absolute atomic E-state index is 0.229. The fourth-order valence-electron chi connectivity index (χ4n) is 1.17. The van der Waals surface area contributed by atoms with E-state index in [2.05, 4.69) is 24.1 Å². The van der Waals surface area contributed by atoms with E-state index in [-0.39, 0.29) is 12.1 Å². The topological polar surface area (TPSA) is 45.2 Å². The van der Waals surface area contributed by atoms with E-state index < -0.39 is 0 Å². The maximum absolute atomic E-state index is 9.09. The molecule has 2 atom stereocenters. The Morgan fingerprint density at radius 1 is 1.57 bits per heavy atom. The number of hydrogen-bond donors (Lipinski definition) is 2. The van der Waals surface area contributed by atoms with Gasteiger partial charge in [-0.15, -0.1) is 11.3 Å². The third-order valence-electron chi connectivity index (χ3n) is 2.02. The zero-order valence-corrected chi connectivity index (χ0v) is 9.77. The number of aromatic nitrogens is 1. The lowest BCUT2D eigenvalue weighted by atomic mass is 10.2. The third-order valence-corrected chi connectivity index (χ3v) is 3.12. The van der Waals surface area contributed by atoms with E-state index in [1.807, 2.05) is 6.20 Å². The number of nitrogens with one attached hydrogen (secondary N) is 1. The van der Waals surface area contributed by atoms with Gasteiger partial charge in [0.15, 0.2) is 0 Å². The first-order valence-corrected chi connectivity index (χ1v) is 5.75. The van der Waals surface area contributed by atoms with Crippen LogP contribution in [-0.2, 0) is 0 Å². The number of aryl methyl sites for hydroxylation is 1. The van der Waals surface area contributed by atoms with Gasteiger partial charge in [0.2, 0.25) is 0 Å². The van der Waals surface area contributed by atoms with Gasteiger partial charge in [-0.05, 0) is 33.7 Å². The van der Waals surface area contributed by atoms with E-state index in [0.717, 1.165) is 18.0 Å². The molecule has 1 heterocycles. The summed E-state index contributed by atoms with van der Waals surface area (Å²) in [5.74, 6) is 0. The zero-order valence-electron chi connectivity index (χ0n) is 8.95. The molecule has 80 valence electrons. The number of nitrogens with zero attached hydrogens (tertiary/aromatic N) is 1. The summed E-state index contributed by atoms with van der Waals surface area (Å²) in [7, 11) is 0. The van der Waals surface area contributed by atoms with Gasteiger partial charge in [-0.3, -0.25) is 0 Å². The van der Waals surface area contributed by atoms with Crippen molar-refractivity contribution < 1.29 is 5.11 Å². The first kappa shape index (κ1) is 11.6. The van der Waals surface area contributed by atoms with Gasteiger partial charge in [-0.2, -0.15) is 0 Å². The minimum atomic E-state index is -0.229. The van der Waals surface area contributed by atoms with Gasteiger partial charge in [-0.1, -0.05) is 0 Å². The normalized spacial score (nSPS) is 15.4. The van der Waals surface area contributed by atoms with E-state index >= 15 is 0 Å². The summed E-state index contributed by atoms with van der Waals surface area (Å²) in [6.07, 6.45) is 2.45. The number of hydrogen-bond acceptors (Lipinski definition) is 4.